The molecule has 0 N–H and O–H groups in total. The molecule has 21 heavy (non-hydrogen) atoms. The van der Waals surface area contributed by atoms with Gasteiger partial charge >= 0.3 is 0 Å². The molecule has 2 nitrogen and oxygen atoms in total. The van der Waals surface area contributed by atoms with Gasteiger partial charge in [-0.25, -0.2) is 0 Å². The molecule has 0 unspecified atom stereocenters. The number of carbonyl (C=O) groups is 1. The number of likely N-dealkylation sites (tertiary alicyclic amines) is 1. The topological polar surface area (TPSA) is 20.3 Å². The lowest BCUT2D eigenvalue weighted by molar-refractivity contribution is 0.104. The molecule has 0 aliphatic carbocycles. The van der Waals surface area contributed by atoms with Crippen LogP contribution in [-0.4, -0.2) is 23.8 Å². The highest BCUT2D eigenvalue weighted by molar-refractivity contribution is 6.04. The van der Waals surface area contributed by atoms with E-state index in [-0.39, 0.29) is 5.78 Å². The van der Waals surface area contributed by atoms with Gasteiger partial charge in [-0.05, 0) is 44.3 Å². The van der Waals surface area contributed by atoms with Gasteiger partial charge in [0.2, 0.25) is 0 Å². The minimum absolute atomic E-state index is 0.0768. The maximum atomic E-state index is 12.1. The van der Waals surface area contributed by atoms with Crippen molar-refractivity contribution in [1.82, 2.24) is 4.90 Å². The fourth-order valence-corrected chi connectivity index (χ4v) is 2.53. The van der Waals surface area contributed by atoms with Crippen LogP contribution in [0, 0.1) is 6.92 Å². The molecular weight excluding hydrogens is 258 g/mol. The van der Waals surface area contributed by atoms with E-state index in [1.807, 2.05) is 37.3 Å². The first-order valence-corrected chi connectivity index (χ1v) is 7.93. The number of piperidine rings is 1. The van der Waals surface area contributed by atoms with Crippen LogP contribution in [0.15, 0.2) is 48.2 Å². The lowest BCUT2D eigenvalue weighted by atomic mass is 10.1. The van der Waals surface area contributed by atoms with E-state index in [0.29, 0.717) is 0 Å². The van der Waals surface area contributed by atoms with Crippen molar-refractivity contribution in [3.05, 3.63) is 59.3 Å². The van der Waals surface area contributed by atoms with E-state index in [1.165, 1.54) is 30.4 Å². The average molecular weight is 283 g/mol. The highest BCUT2D eigenvalue weighted by Gasteiger charge is 2.06. The lowest BCUT2D eigenvalue weighted by Crippen LogP contribution is -2.24. The predicted molar refractivity (Wildman–Crippen MR) is 88.4 cm³/mol. The van der Waals surface area contributed by atoms with Crippen molar-refractivity contribution in [1.29, 1.82) is 0 Å². The third-order valence-corrected chi connectivity index (χ3v) is 3.93. The Morgan fingerprint density at radius 2 is 1.76 bits per heavy atom. The Bertz CT molecular complexity index is 519. The molecule has 2 rings (SSSR count). The number of hydrogen-bond acceptors (Lipinski definition) is 2. The maximum Gasteiger partial charge on any atom is 0.185 e. The van der Waals surface area contributed by atoms with Crippen molar-refractivity contribution in [2.45, 2.75) is 39.5 Å². The van der Waals surface area contributed by atoms with Gasteiger partial charge in [-0.15, -0.1) is 0 Å². The molecule has 1 aromatic carbocycles. The Kier molecular flexibility index (Phi) is 5.79. The summed E-state index contributed by atoms with van der Waals surface area (Å²) < 4.78 is 0. The second-order valence-electron chi connectivity index (χ2n) is 5.72. The fourth-order valence-electron chi connectivity index (χ4n) is 2.53. The zero-order valence-corrected chi connectivity index (χ0v) is 13.1. The van der Waals surface area contributed by atoms with E-state index in [9.17, 15) is 4.79 Å². The van der Waals surface area contributed by atoms with E-state index in [0.717, 1.165) is 25.1 Å². The molecule has 1 aliphatic heterocycles. The third kappa shape index (κ3) is 4.89. The highest BCUT2D eigenvalue weighted by atomic mass is 16.1. The normalized spacial score (nSPS) is 16.5. The van der Waals surface area contributed by atoms with Crippen LogP contribution >= 0.6 is 0 Å². The van der Waals surface area contributed by atoms with Crippen molar-refractivity contribution in [3.63, 3.8) is 0 Å². The first-order valence-electron chi connectivity index (χ1n) is 7.93. The third-order valence-electron chi connectivity index (χ3n) is 3.93. The molecule has 0 amide bonds. The van der Waals surface area contributed by atoms with Gasteiger partial charge in [0.25, 0.3) is 0 Å². The molecule has 0 spiro atoms. The van der Waals surface area contributed by atoms with Crippen LogP contribution in [0.3, 0.4) is 0 Å². The molecule has 1 aliphatic rings. The summed E-state index contributed by atoms with van der Waals surface area (Å²) in [6.45, 7) is 6.45. The fraction of sp³-hybridized carbons (Fsp3) is 0.421. The van der Waals surface area contributed by atoms with Crippen LogP contribution in [-0.2, 0) is 0 Å². The summed E-state index contributed by atoms with van der Waals surface area (Å²) in [5.41, 5.74) is 3.15. The van der Waals surface area contributed by atoms with Crippen LogP contribution < -0.4 is 0 Å². The molecule has 0 aromatic heterocycles. The summed E-state index contributed by atoms with van der Waals surface area (Å²) >= 11 is 0. The van der Waals surface area contributed by atoms with E-state index >= 15 is 0 Å². The number of rotatable bonds is 5. The van der Waals surface area contributed by atoms with Gasteiger partial charge in [0.1, 0.15) is 0 Å². The second-order valence-corrected chi connectivity index (χ2v) is 5.72. The van der Waals surface area contributed by atoms with Gasteiger partial charge in [0.05, 0.1) is 0 Å². The van der Waals surface area contributed by atoms with Crippen LogP contribution in [0.2, 0.25) is 0 Å². The number of carbonyl (C=O) groups excluding carboxylic acids is 1. The summed E-state index contributed by atoms with van der Waals surface area (Å²) in [5.74, 6) is 0.0768. The first kappa shape index (κ1) is 15.6. The van der Waals surface area contributed by atoms with Crippen molar-refractivity contribution >= 4 is 5.78 Å². The van der Waals surface area contributed by atoms with Crippen LogP contribution in [0.5, 0.6) is 0 Å². The van der Waals surface area contributed by atoms with Crippen LogP contribution in [0.1, 0.15) is 48.5 Å². The highest BCUT2D eigenvalue weighted by Crippen LogP contribution is 2.13. The van der Waals surface area contributed by atoms with E-state index in [1.54, 1.807) is 6.08 Å². The van der Waals surface area contributed by atoms with Gasteiger partial charge in [-0.3, -0.25) is 4.79 Å². The van der Waals surface area contributed by atoms with E-state index in [4.69, 9.17) is 0 Å². The maximum absolute atomic E-state index is 12.1. The Hall–Kier alpha value is -1.83. The van der Waals surface area contributed by atoms with Crippen LogP contribution in [0.4, 0.5) is 0 Å². The molecule has 0 bridgehead atoms. The smallest absolute Gasteiger partial charge is 0.185 e. The van der Waals surface area contributed by atoms with Crippen molar-refractivity contribution in [3.8, 4) is 0 Å². The number of hydrogen-bond donors (Lipinski definition) is 0. The molecule has 1 saturated heterocycles. The van der Waals surface area contributed by atoms with Crippen molar-refractivity contribution in [2.75, 3.05) is 13.1 Å². The van der Waals surface area contributed by atoms with Crippen molar-refractivity contribution in [2.24, 2.45) is 0 Å². The Morgan fingerprint density at radius 3 is 2.38 bits per heavy atom. The van der Waals surface area contributed by atoms with Gasteiger partial charge < -0.3 is 4.90 Å². The van der Waals surface area contributed by atoms with Gasteiger partial charge in [-0.2, -0.15) is 0 Å². The quantitative estimate of drug-likeness (QED) is 0.450. The lowest BCUT2D eigenvalue weighted by Gasteiger charge is -2.25. The Balaban J connectivity index is 2.01. The molecule has 1 heterocycles. The van der Waals surface area contributed by atoms with E-state index in [2.05, 4.69) is 18.0 Å². The number of benzene rings is 1. The van der Waals surface area contributed by atoms with Crippen LogP contribution in [0.25, 0.3) is 0 Å². The average Bonchev–Trinajstić information content (AvgIpc) is 2.52. The summed E-state index contributed by atoms with van der Waals surface area (Å²) in [5, 5.41) is 0. The predicted octanol–water partition coefficient (Wildman–Crippen LogP) is 4.51. The molecule has 1 fully saturated rings. The molecular formula is C19H25NO. The number of allylic oxidation sites excluding steroid dienone is 3. The van der Waals surface area contributed by atoms with E-state index < -0.39 is 0 Å². The zero-order chi connectivity index (χ0) is 15.1. The standard InChI is InChI=1S/C19H25NO/c1-3-17(15-20-13-5-4-6-14-20)9-12-19(21)18-10-7-16(2)8-11-18/h7-12,15H,3-6,13-14H2,1-2H3/b12-9-,17-15-. The number of aryl methyl sites for hydroxylation is 1. The Labute approximate surface area is 128 Å². The minimum atomic E-state index is 0.0768. The Morgan fingerprint density at radius 1 is 1.10 bits per heavy atom. The number of nitrogens with zero attached hydrogens (tertiary/aromatic N) is 1. The number of ketones is 1. The molecule has 2 heteroatoms. The first-order chi connectivity index (χ1) is 10.2. The molecule has 0 radical (unpaired) electrons. The second kappa shape index (κ2) is 7.82. The largest absolute Gasteiger partial charge is 0.377 e. The van der Waals surface area contributed by atoms with Gasteiger partial charge in [0, 0.05) is 24.9 Å². The molecule has 0 atom stereocenters. The van der Waals surface area contributed by atoms with Gasteiger partial charge in [0.15, 0.2) is 5.78 Å². The van der Waals surface area contributed by atoms with Crippen molar-refractivity contribution < 1.29 is 4.79 Å². The monoisotopic (exact) mass is 283 g/mol. The molecule has 1 aromatic rings. The summed E-state index contributed by atoms with van der Waals surface area (Å²) in [6.07, 6.45) is 10.7. The van der Waals surface area contributed by atoms with Gasteiger partial charge in [-0.1, -0.05) is 42.8 Å². The molecule has 0 saturated carbocycles. The SMILES string of the molecule is CCC(/C=C\C(=O)c1ccc(C)cc1)=C/N1CCCCC1. The zero-order valence-electron chi connectivity index (χ0n) is 13.1. The summed E-state index contributed by atoms with van der Waals surface area (Å²) in [4.78, 5) is 14.5. The summed E-state index contributed by atoms with van der Waals surface area (Å²) in [7, 11) is 0. The minimum Gasteiger partial charge on any atom is -0.377 e. The summed E-state index contributed by atoms with van der Waals surface area (Å²) in [6, 6.07) is 7.74. The molecule has 112 valence electrons.